The molecule has 0 aliphatic carbocycles. The monoisotopic (exact) mass is 472 g/mol. The molecule has 0 amide bonds. The molecule has 34 heavy (non-hydrogen) atoms. The molecular weight excluding hydrogens is 444 g/mol. The standard InChI is InChI=1S/C28H28N2O3S/c1-6-33-28(32)25-26(31)24(34-27(25)29-22-11-7-17(2)8-12-22)16-21-15-19(4)30(20(21)5)23-13-9-18(3)10-14-23/h7-16,31H,6H2,1-5H3/b24-16-,29-27?. The normalized spacial score (nSPS) is 16.0. The first kappa shape index (κ1) is 23.6. The van der Waals surface area contributed by atoms with E-state index in [4.69, 9.17) is 4.74 Å². The Hall–Kier alpha value is -3.51. The highest BCUT2D eigenvalue weighted by Crippen LogP contribution is 2.41. The maximum atomic E-state index is 12.7. The van der Waals surface area contributed by atoms with E-state index in [0.717, 1.165) is 28.2 Å². The van der Waals surface area contributed by atoms with Crippen LogP contribution in [0, 0.1) is 27.7 Å². The highest BCUT2D eigenvalue weighted by molar-refractivity contribution is 8.18. The summed E-state index contributed by atoms with van der Waals surface area (Å²) in [6.45, 7) is 10.1. The van der Waals surface area contributed by atoms with Gasteiger partial charge in [-0.3, -0.25) is 0 Å². The summed E-state index contributed by atoms with van der Waals surface area (Å²) in [6.07, 6.45) is 1.91. The lowest BCUT2D eigenvalue weighted by molar-refractivity contribution is -0.138. The van der Waals surface area contributed by atoms with Crippen molar-refractivity contribution in [3.8, 4) is 5.69 Å². The zero-order chi connectivity index (χ0) is 24.4. The fraction of sp³-hybridized carbons (Fsp3) is 0.214. The van der Waals surface area contributed by atoms with E-state index in [1.807, 2.05) is 44.2 Å². The molecule has 6 heteroatoms. The van der Waals surface area contributed by atoms with E-state index in [1.165, 1.54) is 17.3 Å². The van der Waals surface area contributed by atoms with Gasteiger partial charge in [-0.1, -0.05) is 47.2 Å². The van der Waals surface area contributed by atoms with Gasteiger partial charge in [0.25, 0.3) is 0 Å². The molecule has 5 nitrogen and oxygen atoms in total. The Labute approximate surface area is 204 Å². The fourth-order valence-electron chi connectivity index (χ4n) is 3.89. The summed E-state index contributed by atoms with van der Waals surface area (Å²) in [5.41, 5.74) is 7.31. The second kappa shape index (κ2) is 9.77. The quantitative estimate of drug-likeness (QED) is 0.410. The van der Waals surface area contributed by atoms with Gasteiger partial charge in [-0.2, -0.15) is 0 Å². The van der Waals surface area contributed by atoms with Gasteiger partial charge >= 0.3 is 5.97 Å². The highest BCUT2D eigenvalue weighted by Gasteiger charge is 2.33. The third kappa shape index (κ3) is 4.73. The van der Waals surface area contributed by atoms with Crippen LogP contribution >= 0.6 is 11.8 Å². The van der Waals surface area contributed by atoms with Crippen molar-refractivity contribution >= 4 is 34.5 Å². The second-order valence-corrected chi connectivity index (χ2v) is 9.34. The van der Waals surface area contributed by atoms with Crippen LogP contribution in [0.2, 0.25) is 0 Å². The molecule has 1 aliphatic heterocycles. The van der Waals surface area contributed by atoms with Gasteiger partial charge in [0, 0.05) is 17.1 Å². The number of aryl methyl sites for hydroxylation is 3. The Morgan fingerprint density at radius 1 is 1.03 bits per heavy atom. The second-order valence-electron chi connectivity index (χ2n) is 8.30. The molecule has 0 saturated heterocycles. The molecule has 1 aliphatic rings. The Bertz CT molecular complexity index is 1330. The number of hydrogen-bond donors (Lipinski definition) is 1. The summed E-state index contributed by atoms with van der Waals surface area (Å²) in [5, 5.41) is 11.4. The Morgan fingerprint density at radius 3 is 2.26 bits per heavy atom. The van der Waals surface area contributed by atoms with E-state index in [0.29, 0.717) is 15.6 Å². The maximum absolute atomic E-state index is 12.7. The average molecular weight is 473 g/mol. The predicted molar refractivity (Wildman–Crippen MR) is 140 cm³/mol. The summed E-state index contributed by atoms with van der Waals surface area (Å²) < 4.78 is 7.39. The van der Waals surface area contributed by atoms with Crippen molar-refractivity contribution in [3.05, 3.63) is 98.9 Å². The van der Waals surface area contributed by atoms with Crippen molar-refractivity contribution in [1.29, 1.82) is 0 Å². The third-order valence-electron chi connectivity index (χ3n) is 5.68. The van der Waals surface area contributed by atoms with Crippen molar-refractivity contribution < 1.29 is 14.6 Å². The summed E-state index contributed by atoms with van der Waals surface area (Å²) in [6, 6.07) is 18.2. The van der Waals surface area contributed by atoms with Gasteiger partial charge in [-0.25, -0.2) is 9.79 Å². The first-order chi connectivity index (χ1) is 16.3. The van der Waals surface area contributed by atoms with Gasteiger partial charge < -0.3 is 14.4 Å². The van der Waals surface area contributed by atoms with Crippen LogP contribution < -0.4 is 0 Å². The predicted octanol–water partition coefficient (Wildman–Crippen LogP) is 6.90. The molecule has 2 aromatic carbocycles. The molecule has 1 N–H and O–H groups in total. The van der Waals surface area contributed by atoms with Gasteiger partial charge in [0.2, 0.25) is 0 Å². The van der Waals surface area contributed by atoms with Gasteiger partial charge in [0.1, 0.15) is 16.4 Å². The summed E-state index contributed by atoms with van der Waals surface area (Å²) >= 11 is 1.27. The molecule has 0 radical (unpaired) electrons. The Kier molecular flexibility index (Phi) is 6.80. The van der Waals surface area contributed by atoms with Crippen LogP contribution in [0.1, 0.15) is 35.0 Å². The zero-order valence-electron chi connectivity index (χ0n) is 20.0. The number of aliphatic hydroxyl groups is 1. The molecule has 0 saturated carbocycles. The molecular formula is C28H28N2O3S. The van der Waals surface area contributed by atoms with Crippen LogP contribution in [0.25, 0.3) is 11.8 Å². The van der Waals surface area contributed by atoms with Crippen LogP contribution in [-0.2, 0) is 9.53 Å². The van der Waals surface area contributed by atoms with Crippen molar-refractivity contribution in [2.45, 2.75) is 34.6 Å². The van der Waals surface area contributed by atoms with Crippen molar-refractivity contribution in [1.82, 2.24) is 4.57 Å². The van der Waals surface area contributed by atoms with Crippen LogP contribution in [0.15, 0.2) is 75.8 Å². The summed E-state index contributed by atoms with van der Waals surface area (Å²) in [4.78, 5) is 17.9. The number of ether oxygens (including phenoxy) is 1. The number of benzene rings is 2. The summed E-state index contributed by atoms with van der Waals surface area (Å²) in [7, 11) is 0. The van der Waals surface area contributed by atoms with Crippen LogP contribution in [0.4, 0.5) is 5.69 Å². The highest BCUT2D eigenvalue weighted by atomic mass is 32.2. The van der Waals surface area contributed by atoms with E-state index >= 15 is 0 Å². The molecule has 0 unspecified atom stereocenters. The number of aliphatic hydroxyl groups excluding tert-OH is 1. The molecule has 0 spiro atoms. The largest absolute Gasteiger partial charge is 0.506 e. The number of thioether (sulfide) groups is 1. The first-order valence-corrected chi connectivity index (χ1v) is 12.0. The van der Waals surface area contributed by atoms with Gasteiger partial charge in [-0.05, 0) is 76.6 Å². The number of aromatic nitrogens is 1. The van der Waals surface area contributed by atoms with Gasteiger partial charge in [-0.15, -0.1) is 0 Å². The Balaban J connectivity index is 1.76. The van der Waals surface area contributed by atoms with E-state index in [-0.39, 0.29) is 17.9 Å². The number of rotatable bonds is 5. The molecule has 3 aromatic rings. The molecule has 0 atom stereocenters. The van der Waals surface area contributed by atoms with Crippen LogP contribution in [-0.4, -0.2) is 27.3 Å². The van der Waals surface area contributed by atoms with E-state index in [1.54, 1.807) is 6.92 Å². The lowest BCUT2D eigenvalue weighted by Gasteiger charge is -2.10. The fourth-order valence-corrected chi connectivity index (χ4v) is 4.92. The number of esters is 1. The number of aliphatic imine (C=N–C) groups is 1. The average Bonchev–Trinajstić information content (AvgIpc) is 3.25. The number of carbonyl (C=O) groups excluding carboxylic acids is 1. The third-order valence-corrected chi connectivity index (χ3v) is 6.70. The minimum atomic E-state index is -0.577. The van der Waals surface area contributed by atoms with Crippen LogP contribution in [0.5, 0.6) is 0 Å². The molecule has 2 heterocycles. The van der Waals surface area contributed by atoms with E-state index < -0.39 is 5.97 Å². The number of hydrogen-bond acceptors (Lipinski definition) is 5. The zero-order valence-corrected chi connectivity index (χ0v) is 20.9. The number of carbonyl (C=O) groups is 1. The SMILES string of the molecule is CCOC(=O)C1=C(O)/C(=C/c2cc(C)n(-c3ccc(C)cc3)c2C)SC1=Nc1ccc(C)cc1. The van der Waals surface area contributed by atoms with Crippen LogP contribution in [0.3, 0.4) is 0 Å². The van der Waals surface area contributed by atoms with Crippen molar-refractivity contribution in [2.75, 3.05) is 6.61 Å². The molecule has 1 aromatic heterocycles. The smallest absolute Gasteiger partial charge is 0.344 e. The van der Waals surface area contributed by atoms with Crippen molar-refractivity contribution in [3.63, 3.8) is 0 Å². The van der Waals surface area contributed by atoms with Gasteiger partial charge in [0.05, 0.1) is 17.2 Å². The lowest BCUT2D eigenvalue weighted by atomic mass is 10.1. The Morgan fingerprint density at radius 2 is 1.65 bits per heavy atom. The minimum absolute atomic E-state index is 0.102. The molecule has 174 valence electrons. The molecule has 0 fully saturated rings. The first-order valence-electron chi connectivity index (χ1n) is 11.2. The summed E-state index contributed by atoms with van der Waals surface area (Å²) in [5.74, 6) is -0.679. The minimum Gasteiger partial charge on any atom is -0.506 e. The van der Waals surface area contributed by atoms with Crippen molar-refractivity contribution in [2.24, 2.45) is 4.99 Å². The van der Waals surface area contributed by atoms with Gasteiger partial charge in [0.15, 0.2) is 0 Å². The lowest BCUT2D eigenvalue weighted by Crippen LogP contribution is -2.12. The van der Waals surface area contributed by atoms with E-state index in [9.17, 15) is 9.90 Å². The number of nitrogens with zero attached hydrogens (tertiary/aromatic N) is 2. The van der Waals surface area contributed by atoms with E-state index in [2.05, 4.69) is 53.7 Å². The molecule has 4 rings (SSSR count). The molecule has 0 bridgehead atoms. The topological polar surface area (TPSA) is 63.8 Å². The maximum Gasteiger partial charge on any atom is 0.344 e.